The second-order valence-electron chi connectivity index (χ2n) is 6.79. The molecule has 0 saturated carbocycles. The summed E-state index contributed by atoms with van der Waals surface area (Å²) in [6, 6.07) is 1.02. The first kappa shape index (κ1) is 15.7. The molecule has 122 valence electrons. The number of anilines is 1. The van der Waals surface area contributed by atoms with E-state index in [2.05, 4.69) is 29.0 Å². The van der Waals surface area contributed by atoms with Gasteiger partial charge in [0.05, 0.1) is 24.5 Å². The molecule has 0 unspecified atom stereocenters. The average Bonchev–Trinajstić information content (AvgIpc) is 2.56. The van der Waals surface area contributed by atoms with Crippen LogP contribution in [-0.2, 0) is 4.74 Å². The molecule has 3 heterocycles. The van der Waals surface area contributed by atoms with E-state index in [0.717, 1.165) is 50.7 Å². The quantitative estimate of drug-likeness (QED) is 0.927. The van der Waals surface area contributed by atoms with E-state index in [-0.39, 0.29) is 0 Å². The molecule has 2 aliphatic rings. The summed E-state index contributed by atoms with van der Waals surface area (Å²) in [7, 11) is 0. The van der Waals surface area contributed by atoms with Crippen molar-refractivity contribution in [2.24, 2.45) is 0 Å². The van der Waals surface area contributed by atoms with E-state index < -0.39 is 0 Å². The zero-order valence-electron chi connectivity index (χ0n) is 13.8. The molecule has 0 amide bonds. The van der Waals surface area contributed by atoms with Gasteiger partial charge in [-0.2, -0.15) is 0 Å². The maximum Gasteiger partial charge on any atom is 0.145 e. The van der Waals surface area contributed by atoms with E-state index in [1.54, 1.807) is 0 Å². The van der Waals surface area contributed by atoms with Crippen LogP contribution in [0.25, 0.3) is 0 Å². The summed E-state index contributed by atoms with van der Waals surface area (Å²) in [6.07, 6.45) is 8.42. The van der Waals surface area contributed by atoms with Gasteiger partial charge in [-0.05, 0) is 52.6 Å². The molecular formula is C17H28N4O. The van der Waals surface area contributed by atoms with Crippen molar-refractivity contribution in [3.63, 3.8) is 0 Å². The van der Waals surface area contributed by atoms with Crippen LogP contribution in [0.15, 0.2) is 12.4 Å². The molecule has 0 aromatic carbocycles. The number of hydrogen-bond acceptors (Lipinski definition) is 5. The lowest BCUT2D eigenvalue weighted by molar-refractivity contribution is 0.0875. The highest BCUT2D eigenvalue weighted by molar-refractivity contribution is 5.34. The number of aromatic nitrogens is 2. The molecule has 5 heteroatoms. The van der Waals surface area contributed by atoms with E-state index in [1.165, 1.54) is 12.8 Å². The molecule has 3 rings (SSSR count). The maximum absolute atomic E-state index is 5.52. The third kappa shape index (κ3) is 3.96. The molecule has 0 radical (unpaired) electrons. The van der Waals surface area contributed by atoms with Crippen molar-refractivity contribution < 1.29 is 4.74 Å². The third-order valence-corrected chi connectivity index (χ3v) is 4.84. The zero-order chi connectivity index (χ0) is 15.4. The minimum absolute atomic E-state index is 0.376. The van der Waals surface area contributed by atoms with Gasteiger partial charge in [0.15, 0.2) is 0 Å². The first-order valence-corrected chi connectivity index (χ1v) is 8.62. The van der Waals surface area contributed by atoms with Crippen molar-refractivity contribution in [1.82, 2.24) is 14.9 Å². The predicted octanol–water partition coefficient (Wildman–Crippen LogP) is 2.66. The van der Waals surface area contributed by atoms with Crippen molar-refractivity contribution in [1.29, 1.82) is 0 Å². The highest BCUT2D eigenvalue weighted by atomic mass is 16.5. The van der Waals surface area contributed by atoms with Crippen LogP contribution in [-0.4, -0.2) is 53.3 Å². The number of likely N-dealkylation sites (tertiary alicyclic amines) is 1. The molecule has 0 spiro atoms. The molecule has 1 atom stereocenters. The molecule has 0 aliphatic carbocycles. The molecule has 2 aliphatic heterocycles. The monoisotopic (exact) mass is 304 g/mol. The Hall–Kier alpha value is -1.20. The number of nitrogens with one attached hydrogen (secondary N) is 1. The van der Waals surface area contributed by atoms with Crippen molar-refractivity contribution in [2.75, 3.05) is 31.6 Å². The fourth-order valence-corrected chi connectivity index (χ4v) is 3.42. The van der Waals surface area contributed by atoms with Crippen molar-refractivity contribution in [2.45, 2.75) is 57.5 Å². The van der Waals surface area contributed by atoms with Crippen LogP contribution in [0.4, 0.5) is 5.82 Å². The molecule has 1 N–H and O–H groups in total. The van der Waals surface area contributed by atoms with Gasteiger partial charge in [0.25, 0.3) is 0 Å². The summed E-state index contributed by atoms with van der Waals surface area (Å²) in [5, 5.41) is 3.48. The Kier molecular flexibility index (Phi) is 5.26. The van der Waals surface area contributed by atoms with E-state index >= 15 is 0 Å². The molecule has 1 aromatic rings. The zero-order valence-corrected chi connectivity index (χ0v) is 13.8. The average molecular weight is 304 g/mol. The van der Waals surface area contributed by atoms with Crippen molar-refractivity contribution >= 4 is 5.82 Å². The largest absolute Gasteiger partial charge is 0.379 e. The van der Waals surface area contributed by atoms with Gasteiger partial charge >= 0.3 is 0 Å². The first-order chi connectivity index (χ1) is 10.7. The fourth-order valence-electron chi connectivity index (χ4n) is 3.42. The number of piperidine rings is 1. The molecule has 2 fully saturated rings. The van der Waals surface area contributed by atoms with Gasteiger partial charge in [-0.25, -0.2) is 4.98 Å². The van der Waals surface area contributed by atoms with E-state index in [0.29, 0.717) is 18.0 Å². The van der Waals surface area contributed by atoms with E-state index in [1.807, 2.05) is 12.4 Å². The molecule has 5 nitrogen and oxygen atoms in total. The van der Waals surface area contributed by atoms with Crippen LogP contribution in [0.1, 0.15) is 51.1 Å². The summed E-state index contributed by atoms with van der Waals surface area (Å²) in [5.41, 5.74) is 1.14. The fraction of sp³-hybridized carbons (Fsp3) is 0.765. The van der Waals surface area contributed by atoms with E-state index in [4.69, 9.17) is 9.72 Å². The Bertz CT molecular complexity index is 465. The van der Waals surface area contributed by atoms with Crippen LogP contribution < -0.4 is 5.32 Å². The minimum Gasteiger partial charge on any atom is -0.379 e. The van der Waals surface area contributed by atoms with Gasteiger partial charge < -0.3 is 15.0 Å². The molecular weight excluding hydrogens is 276 g/mol. The lowest BCUT2D eigenvalue weighted by atomic mass is 9.93. The Morgan fingerprint density at radius 2 is 2.05 bits per heavy atom. The summed E-state index contributed by atoms with van der Waals surface area (Å²) in [4.78, 5) is 11.8. The number of hydrogen-bond donors (Lipinski definition) is 1. The standard InChI is InChI=1S/C17H28N4O/c1-13(2)21-7-5-14(6-8-21)16-10-18-11-17(20-16)19-15-4-3-9-22-12-15/h10-11,13-15H,3-9,12H2,1-2H3,(H,19,20)/t15-/m0/s1. The molecule has 1 aromatic heterocycles. The van der Waals surface area contributed by atoms with Crippen molar-refractivity contribution in [3.8, 4) is 0 Å². The predicted molar refractivity (Wildman–Crippen MR) is 88.2 cm³/mol. The van der Waals surface area contributed by atoms with Crippen molar-refractivity contribution in [3.05, 3.63) is 18.1 Å². The molecule has 2 saturated heterocycles. The minimum atomic E-state index is 0.376. The topological polar surface area (TPSA) is 50.3 Å². The van der Waals surface area contributed by atoms with Gasteiger partial charge in [-0.1, -0.05) is 0 Å². The van der Waals surface area contributed by atoms with Gasteiger partial charge in [0.1, 0.15) is 5.82 Å². The van der Waals surface area contributed by atoms with E-state index in [9.17, 15) is 0 Å². The third-order valence-electron chi connectivity index (χ3n) is 4.84. The Morgan fingerprint density at radius 1 is 1.23 bits per heavy atom. The van der Waals surface area contributed by atoms with Crippen LogP contribution in [0.3, 0.4) is 0 Å². The van der Waals surface area contributed by atoms with Crippen LogP contribution in [0.5, 0.6) is 0 Å². The summed E-state index contributed by atoms with van der Waals surface area (Å²) < 4.78 is 5.52. The lowest BCUT2D eigenvalue weighted by Crippen LogP contribution is -2.38. The van der Waals surface area contributed by atoms with Gasteiger partial charge in [0, 0.05) is 24.8 Å². The van der Waals surface area contributed by atoms with Gasteiger partial charge in [-0.3, -0.25) is 4.98 Å². The summed E-state index contributed by atoms with van der Waals surface area (Å²) >= 11 is 0. The molecule has 0 bridgehead atoms. The normalized spacial score (nSPS) is 24.6. The highest BCUT2D eigenvalue weighted by Gasteiger charge is 2.23. The van der Waals surface area contributed by atoms with Gasteiger partial charge in [0.2, 0.25) is 0 Å². The number of ether oxygens (including phenoxy) is 1. The second-order valence-corrected chi connectivity index (χ2v) is 6.79. The summed E-state index contributed by atoms with van der Waals surface area (Å²) in [5.74, 6) is 1.45. The highest BCUT2D eigenvalue weighted by Crippen LogP contribution is 2.27. The Labute approximate surface area is 133 Å². The second kappa shape index (κ2) is 7.38. The first-order valence-electron chi connectivity index (χ1n) is 8.62. The summed E-state index contributed by atoms with van der Waals surface area (Å²) in [6.45, 7) is 8.54. The SMILES string of the molecule is CC(C)N1CCC(c2cncc(N[C@H]3CCCOC3)n2)CC1. The Balaban J connectivity index is 1.59. The molecule has 22 heavy (non-hydrogen) atoms. The number of nitrogens with zero attached hydrogens (tertiary/aromatic N) is 3. The van der Waals surface area contributed by atoms with Crippen LogP contribution in [0.2, 0.25) is 0 Å². The Morgan fingerprint density at radius 3 is 2.73 bits per heavy atom. The van der Waals surface area contributed by atoms with Gasteiger partial charge in [-0.15, -0.1) is 0 Å². The number of rotatable bonds is 4. The van der Waals surface area contributed by atoms with Crippen LogP contribution >= 0.6 is 0 Å². The smallest absolute Gasteiger partial charge is 0.145 e. The van der Waals surface area contributed by atoms with Crippen LogP contribution in [0, 0.1) is 0 Å². The lowest BCUT2D eigenvalue weighted by Gasteiger charge is -2.34. The maximum atomic E-state index is 5.52.